The molecule has 4 nitrogen and oxygen atoms in total. The van der Waals surface area contributed by atoms with Gasteiger partial charge in [0.05, 0.1) is 17.7 Å². The van der Waals surface area contributed by atoms with Gasteiger partial charge in [0, 0.05) is 25.4 Å². The number of methoxy groups -OCH3 is 1. The summed E-state index contributed by atoms with van der Waals surface area (Å²) < 4.78 is 43.4. The van der Waals surface area contributed by atoms with Crippen molar-refractivity contribution in [1.29, 1.82) is 0 Å². The summed E-state index contributed by atoms with van der Waals surface area (Å²) in [7, 11) is 1.53. The first-order chi connectivity index (χ1) is 9.72. The van der Waals surface area contributed by atoms with Gasteiger partial charge >= 0.3 is 12.1 Å². The van der Waals surface area contributed by atoms with Gasteiger partial charge in [0.2, 0.25) is 0 Å². The zero-order valence-electron chi connectivity index (χ0n) is 12.1. The fourth-order valence-corrected chi connectivity index (χ4v) is 2.21. The van der Waals surface area contributed by atoms with Crippen molar-refractivity contribution in [2.75, 3.05) is 25.2 Å². The molecule has 0 radical (unpaired) electrons. The molecule has 1 aromatic rings. The molecule has 1 aromatic carbocycles. The van der Waals surface area contributed by atoms with Gasteiger partial charge < -0.3 is 14.7 Å². The average molecular weight is 305 g/mol. The molecule has 1 atom stereocenters. The van der Waals surface area contributed by atoms with Crippen LogP contribution in [0, 0.1) is 0 Å². The molecule has 0 amide bonds. The minimum absolute atomic E-state index is 0.0848. The summed E-state index contributed by atoms with van der Waals surface area (Å²) >= 11 is 0. The number of benzene rings is 1. The molecule has 1 unspecified atom stereocenters. The summed E-state index contributed by atoms with van der Waals surface area (Å²) in [6, 6.07) is 3.06. The maximum Gasteiger partial charge on any atom is 0.417 e. The number of hydrogen-bond acceptors (Lipinski definition) is 3. The molecule has 118 valence electrons. The molecule has 0 spiro atoms. The zero-order valence-corrected chi connectivity index (χ0v) is 12.1. The lowest BCUT2D eigenvalue weighted by Crippen LogP contribution is -2.36. The van der Waals surface area contributed by atoms with Crippen LogP contribution in [0.25, 0.3) is 0 Å². The quantitative estimate of drug-likeness (QED) is 0.876. The van der Waals surface area contributed by atoms with Gasteiger partial charge in [-0.25, -0.2) is 4.79 Å². The molecule has 0 aliphatic carbocycles. The van der Waals surface area contributed by atoms with Crippen LogP contribution in [-0.2, 0) is 10.9 Å². The Balaban J connectivity index is 3.27. The van der Waals surface area contributed by atoms with E-state index in [4.69, 9.17) is 9.84 Å². The van der Waals surface area contributed by atoms with E-state index in [1.54, 1.807) is 4.90 Å². The van der Waals surface area contributed by atoms with E-state index in [2.05, 4.69) is 0 Å². The summed E-state index contributed by atoms with van der Waals surface area (Å²) in [5.41, 5.74) is -1.47. The first-order valence-corrected chi connectivity index (χ1v) is 6.42. The van der Waals surface area contributed by atoms with Gasteiger partial charge in [-0.1, -0.05) is 0 Å². The molecular weight excluding hydrogens is 287 g/mol. The van der Waals surface area contributed by atoms with Crippen molar-refractivity contribution in [1.82, 2.24) is 0 Å². The fourth-order valence-electron chi connectivity index (χ4n) is 2.21. The van der Waals surface area contributed by atoms with Gasteiger partial charge in [0.15, 0.2) is 0 Å². The Morgan fingerprint density at radius 3 is 2.48 bits per heavy atom. The second kappa shape index (κ2) is 6.80. The van der Waals surface area contributed by atoms with Crippen LogP contribution in [0.5, 0.6) is 0 Å². The smallest absolute Gasteiger partial charge is 0.417 e. The summed E-state index contributed by atoms with van der Waals surface area (Å²) in [5, 5.41) is 9.01. The molecule has 0 saturated heterocycles. The minimum atomic E-state index is -4.69. The van der Waals surface area contributed by atoms with Crippen LogP contribution in [0.4, 0.5) is 18.9 Å². The number of carbonyl (C=O) groups is 1. The maximum absolute atomic E-state index is 12.8. The Kier molecular flexibility index (Phi) is 5.60. The highest BCUT2D eigenvalue weighted by molar-refractivity contribution is 5.91. The van der Waals surface area contributed by atoms with Gasteiger partial charge in [-0.3, -0.25) is 0 Å². The van der Waals surface area contributed by atoms with E-state index in [9.17, 15) is 18.0 Å². The lowest BCUT2D eigenvalue weighted by Gasteiger charge is -2.30. The first-order valence-electron chi connectivity index (χ1n) is 6.42. The number of nitrogens with zero attached hydrogens (tertiary/aromatic N) is 1. The minimum Gasteiger partial charge on any atom is -0.478 e. The molecule has 0 bridgehead atoms. The van der Waals surface area contributed by atoms with E-state index in [0.29, 0.717) is 18.8 Å². The highest BCUT2D eigenvalue weighted by atomic mass is 19.4. The summed E-state index contributed by atoms with van der Waals surface area (Å²) in [5.74, 6) is -1.60. The van der Waals surface area contributed by atoms with Crippen LogP contribution in [-0.4, -0.2) is 37.4 Å². The predicted octanol–water partition coefficient (Wildman–Crippen LogP) is 3.26. The molecule has 0 aliphatic heterocycles. The number of halogens is 3. The van der Waals surface area contributed by atoms with Gasteiger partial charge in [-0.05, 0) is 32.0 Å². The monoisotopic (exact) mass is 305 g/mol. The summed E-state index contributed by atoms with van der Waals surface area (Å²) in [6.07, 6.45) is -4.69. The second-order valence-corrected chi connectivity index (χ2v) is 4.62. The number of anilines is 1. The van der Waals surface area contributed by atoms with Crippen molar-refractivity contribution >= 4 is 11.7 Å². The van der Waals surface area contributed by atoms with Crippen LogP contribution < -0.4 is 4.90 Å². The second-order valence-electron chi connectivity index (χ2n) is 4.62. The Bertz CT molecular complexity index is 503. The summed E-state index contributed by atoms with van der Waals surface area (Å²) in [4.78, 5) is 12.9. The molecule has 0 aliphatic rings. The van der Waals surface area contributed by atoms with E-state index in [0.717, 1.165) is 12.1 Å². The number of carboxylic acid groups (broad SMARTS) is 1. The third-order valence-corrected chi connectivity index (χ3v) is 3.15. The van der Waals surface area contributed by atoms with E-state index < -0.39 is 23.3 Å². The van der Waals surface area contributed by atoms with Gasteiger partial charge in [-0.15, -0.1) is 0 Å². The van der Waals surface area contributed by atoms with Crippen molar-refractivity contribution in [2.24, 2.45) is 0 Å². The number of hydrogen-bond donors (Lipinski definition) is 1. The van der Waals surface area contributed by atoms with Gasteiger partial charge in [0.25, 0.3) is 0 Å². The maximum atomic E-state index is 12.8. The number of carboxylic acids is 1. The molecule has 7 heteroatoms. The highest BCUT2D eigenvalue weighted by Crippen LogP contribution is 2.34. The van der Waals surface area contributed by atoms with E-state index in [-0.39, 0.29) is 6.04 Å². The highest BCUT2D eigenvalue weighted by Gasteiger charge is 2.35. The fraction of sp³-hybridized carbons (Fsp3) is 0.500. The average Bonchev–Trinajstić information content (AvgIpc) is 2.38. The SMILES string of the molecule is CCN(c1ccc(C(F)(F)F)c(C(=O)O)c1)C(C)COC. The number of rotatable bonds is 6. The Morgan fingerprint density at radius 2 is 2.05 bits per heavy atom. The molecule has 1 N–H and O–H groups in total. The number of aromatic carboxylic acids is 1. The first kappa shape index (κ1) is 17.3. The largest absolute Gasteiger partial charge is 0.478 e. The Morgan fingerprint density at radius 1 is 1.43 bits per heavy atom. The lowest BCUT2D eigenvalue weighted by atomic mass is 10.0. The summed E-state index contributed by atoms with van der Waals surface area (Å²) in [6.45, 7) is 4.60. The van der Waals surface area contributed by atoms with Gasteiger partial charge in [0.1, 0.15) is 0 Å². The predicted molar refractivity (Wildman–Crippen MR) is 72.8 cm³/mol. The number of likely N-dealkylation sites (N-methyl/N-ethyl adjacent to an activating group) is 1. The normalized spacial score (nSPS) is 13.0. The Labute approximate surface area is 121 Å². The van der Waals surface area contributed by atoms with Gasteiger partial charge in [-0.2, -0.15) is 13.2 Å². The third-order valence-electron chi connectivity index (χ3n) is 3.15. The molecule has 0 aromatic heterocycles. The molecule has 0 saturated carbocycles. The third kappa shape index (κ3) is 4.10. The zero-order chi connectivity index (χ0) is 16.2. The molecule has 1 rings (SSSR count). The van der Waals surface area contributed by atoms with Crippen molar-refractivity contribution in [3.8, 4) is 0 Å². The number of ether oxygens (including phenoxy) is 1. The van der Waals surface area contributed by atoms with Crippen LogP contribution in [0.1, 0.15) is 29.8 Å². The number of alkyl halides is 3. The van der Waals surface area contributed by atoms with E-state index >= 15 is 0 Å². The van der Waals surface area contributed by atoms with Crippen molar-refractivity contribution in [3.05, 3.63) is 29.3 Å². The van der Waals surface area contributed by atoms with Crippen molar-refractivity contribution in [3.63, 3.8) is 0 Å². The van der Waals surface area contributed by atoms with Crippen molar-refractivity contribution in [2.45, 2.75) is 26.1 Å². The standard InChI is InChI=1S/C14H18F3NO3/c1-4-18(9(2)8-21-3)10-5-6-12(14(15,16)17)11(7-10)13(19)20/h5-7,9H,4,8H2,1-3H3,(H,19,20). The van der Waals surface area contributed by atoms with Crippen LogP contribution in [0.3, 0.4) is 0 Å². The lowest BCUT2D eigenvalue weighted by molar-refractivity contribution is -0.138. The van der Waals surface area contributed by atoms with Crippen molar-refractivity contribution < 1.29 is 27.8 Å². The van der Waals surface area contributed by atoms with E-state index in [1.807, 2.05) is 13.8 Å². The molecule has 0 heterocycles. The van der Waals surface area contributed by atoms with E-state index in [1.165, 1.54) is 13.2 Å². The molecule has 21 heavy (non-hydrogen) atoms. The Hall–Kier alpha value is -1.76. The molecule has 0 fully saturated rings. The van der Waals surface area contributed by atoms with Crippen LogP contribution in [0.2, 0.25) is 0 Å². The molecular formula is C14H18F3NO3. The van der Waals surface area contributed by atoms with Crippen LogP contribution >= 0.6 is 0 Å². The van der Waals surface area contributed by atoms with Crippen LogP contribution in [0.15, 0.2) is 18.2 Å². The topological polar surface area (TPSA) is 49.8 Å².